The second-order valence-corrected chi connectivity index (χ2v) is 12.3. The van der Waals surface area contributed by atoms with Crippen LogP contribution in [0.25, 0.3) is 0 Å². The number of ether oxygens (including phenoxy) is 3. The Kier molecular flexibility index (Phi) is 12.5. The Hall–Kier alpha value is -3.31. The van der Waals surface area contributed by atoms with Gasteiger partial charge in [-0.1, -0.05) is 82.3 Å². The van der Waals surface area contributed by atoms with Crippen LogP contribution in [0.3, 0.4) is 0 Å². The van der Waals surface area contributed by atoms with E-state index in [0.717, 1.165) is 44.0 Å². The lowest BCUT2D eigenvalue weighted by Gasteiger charge is -2.27. The fourth-order valence-corrected chi connectivity index (χ4v) is 6.51. The van der Waals surface area contributed by atoms with E-state index in [1.165, 1.54) is 55.7 Å². The lowest BCUT2D eigenvalue weighted by molar-refractivity contribution is -0.131. The number of phenols is 1. The highest BCUT2D eigenvalue weighted by Gasteiger charge is 2.22. The summed E-state index contributed by atoms with van der Waals surface area (Å²) >= 11 is 0. The lowest BCUT2D eigenvalue weighted by atomic mass is 9.78. The van der Waals surface area contributed by atoms with E-state index in [-0.39, 0.29) is 18.0 Å². The van der Waals surface area contributed by atoms with E-state index in [1.54, 1.807) is 12.1 Å². The average molecular weight is 587 g/mol. The smallest absolute Gasteiger partial charge is 0.308 e. The first kappa shape index (κ1) is 32.6. The first-order chi connectivity index (χ1) is 20.8. The van der Waals surface area contributed by atoms with Gasteiger partial charge in [0.1, 0.15) is 17.2 Å². The normalized spacial score (nSPS) is 16.7. The van der Waals surface area contributed by atoms with Crippen molar-refractivity contribution < 1.29 is 24.1 Å². The highest BCUT2D eigenvalue weighted by atomic mass is 16.7. The van der Waals surface area contributed by atoms with Gasteiger partial charge in [-0.2, -0.15) is 0 Å². The molecule has 3 aromatic rings. The molecule has 4 unspecified atom stereocenters. The maximum atomic E-state index is 11.4. The van der Waals surface area contributed by atoms with Crippen LogP contribution in [0, 0.1) is 5.92 Å². The number of esters is 1. The topological polar surface area (TPSA) is 65.0 Å². The van der Waals surface area contributed by atoms with Gasteiger partial charge in [-0.3, -0.25) is 4.79 Å². The molecule has 43 heavy (non-hydrogen) atoms. The van der Waals surface area contributed by atoms with Gasteiger partial charge in [0.2, 0.25) is 0 Å². The Morgan fingerprint density at radius 1 is 0.791 bits per heavy atom. The third kappa shape index (κ3) is 10.4. The molecule has 0 aliphatic heterocycles. The van der Waals surface area contributed by atoms with Crippen molar-refractivity contribution in [2.75, 3.05) is 6.61 Å². The summed E-state index contributed by atoms with van der Waals surface area (Å²) in [6.07, 6.45) is 10.6. The lowest BCUT2D eigenvalue weighted by Crippen LogP contribution is -2.19. The fourth-order valence-electron chi connectivity index (χ4n) is 6.51. The number of aromatic hydroxyl groups is 1. The van der Waals surface area contributed by atoms with Crippen molar-refractivity contribution in [1.82, 2.24) is 0 Å². The Morgan fingerprint density at radius 2 is 1.37 bits per heavy atom. The van der Waals surface area contributed by atoms with Gasteiger partial charge in [-0.25, -0.2) is 0 Å². The quantitative estimate of drug-likeness (QED) is 0.109. The Labute approximate surface area is 258 Å². The summed E-state index contributed by atoms with van der Waals surface area (Å²) in [6.45, 7) is 8.66. The van der Waals surface area contributed by atoms with Crippen LogP contribution in [0.4, 0.5) is 0 Å². The van der Waals surface area contributed by atoms with Crippen LogP contribution in [0.5, 0.6) is 17.2 Å². The van der Waals surface area contributed by atoms with Gasteiger partial charge < -0.3 is 19.3 Å². The van der Waals surface area contributed by atoms with Crippen molar-refractivity contribution in [3.05, 3.63) is 89.5 Å². The van der Waals surface area contributed by atoms with Crippen molar-refractivity contribution in [1.29, 1.82) is 0 Å². The van der Waals surface area contributed by atoms with Crippen LogP contribution in [0.15, 0.2) is 72.8 Å². The molecule has 0 radical (unpaired) electrons. The van der Waals surface area contributed by atoms with Crippen LogP contribution < -0.4 is 9.47 Å². The summed E-state index contributed by atoms with van der Waals surface area (Å²) in [4.78, 5) is 11.4. The number of carbonyl (C=O) groups excluding carboxylic acids is 1. The number of rotatable bonds is 15. The van der Waals surface area contributed by atoms with Gasteiger partial charge in [0.15, 0.2) is 6.29 Å². The van der Waals surface area contributed by atoms with Crippen molar-refractivity contribution in [2.45, 2.75) is 110 Å². The van der Waals surface area contributed by atoms with E-state index in [1.807, 2.05) is 31.2 Å². The number of carbonyl (C=O) groups is 1. The Balaban J connectivity index is 1.40. The first-order valence-electron chi connectivity index (χ1n) is 16.3. The third-order valence-corrected chi connectivity index (χ3v) is 9.03. The maximum Gasteiger partial charge on any atom is 0.308 e. The van der Waals surface area contributed by atoms with Gasteiger partial charge in [0.25, 0.3) is 0 Å². The molecular formula is C38H50O5. The highest BCUT2D eigenvalue weighted by molar-refractivity contribution is 5.69. The Morgan fingerprint density at radius 3 is 1.98 bits per heavy atom. The molecule has 1 aliphatic rings. The summed E-state index contributed by atoms with van der Waals surface area (Å²) in [6, 6.07) is 24.0. The van der Waals surface area contributed by atoms with Crippen LogP contribution in [0.1, 0.15) is 120 Å². The molecule has 232 valence electrons. The second kappa shape index (κ2) is 16.5. The van der Waals surface area contributed by atoms with E-state index in [2.05, 4.69) is 50.2 Å². The number of benzene rings is 3. The van der Waals surface area contributed by atoms with E-state index >= 15 is 0 Å². The molecular weight excluding hydrogens is 536 g/mol. The van der Waals surface area contributed by atoms with E-state index < -0.39 is 0 Å². The van der Waals surface area contributed by atoms with E-state index in [4.69, 9.17) is 14.2 Å². The van der Waals surface area contributed by atoms with Crippen LogP contribution in [0.2, 0.25) is 0 Å². The minimum absolute atomic E-state index is 0.267. The highest BCUT2D eigenvalue weighted by Crippen LogP contribution is 2.39. The van der Waals surface area contributed by atoms with Crippen LogP contribution in [-0.2, 0) is 9.53 Å². The molecule has 5 heteroatoms. The van der Waals surface area contributed by atoms with Gasteiger partial charge in [-0.05, 0) is 109 Å². The molecule has 4 atom stereocenters. The summed E-state index contributed by atoms with van der Waals surface area (Å²) in [5.41, 5.74) is 3.75. The summed E-state index contributed by atoms with van der Waals surface area (Å²) in [7, 11) is 0. The molecule has 4 rings (SSSR count). The monoisotopic (exact) mass is 586 g/mol. The molecule has 0 aromatic heterocycles. The van der Waals surface area contributed by atoms with Crippen molar-refractivity contribution >= 4 is 5.97 Å². The van der Waals surface area contributed by atoms with Gasteiger partial charge >= 0.3 is 5.97 Å². The molecule has 1 fully saturated rings. The number of hydrogen-bond acceptors (Lipinski definition) is 5. The average Bonchev–Trinajstić information content (AvgIpc) is 3.00. The maximum absolute atomic E-state index is 11.4. The molecule has 0 heterocycles. The van der Waals surface area contributed by atoms with Gasteiger partial charge in [0.05, 0.1) is 6.61 Å². The van der Waals surface area contributed by atoms with Gasteiger partial charge in [0, 0.05) is 6.92 Å². The minimum Gasteiger partial charge on any atom is -0.508 e. The van der Waals surface area contributed by atoms with E-state index in [0.29, 0.717) is 23.5 Å². The molecule has 1 aliphatic carbocycles. The fraction of sp³-hybridized carbons (Fsp3) is 0.500. The SMILES string of the molecule is CCC(CC(CC(C)c1ccc(O)cc1)c1ccc(OC(C)=O)cc1)c1ccc(OC(C)OCCC2CCCCC2)cc1. The minimum atomic E-state index is -0.316. The summed E-state index contributed by atoms with van der Waals surface area (Å²) in [5, 5.41) is 9.77. The zero-order chi connectivity index (χ0) is 30.6. The predicted molar refractivity (Wildman–Crippen MR) is 173 cm³/mol. The molecule has 5 nitrogen and oxygen atoms in total. The van der Waals surface area contributed by atoms with Crippen molar-refractivity contribution in [3.63, 3.8) is 0 Å². The van der Waals surface area contributed by atoms with Gasteiger partial charge in [-0.15, -0.1) is 0 Å². The molecule has 1 saturated carbocycles. The van der Waals surface area contributed by atoms with Crippen LogP contribution >= 0.6 is 0 Å². The predicted octanol–water partition coefficient (Wildman–Crippen LogP) is 9.89. The summed E-state index contributed by atoms with van der Waals surface area (Å²) in [5.74, 6) is 3.17. The largest absolute Gasteiger partial charge is 0.508 e. The number of phenolic OH excluding ortho intramolecular Hbond substituents is 1. The van der Waals surface area contributed by atoms with Crippen molar-refractivity contribution in [3.8, 4) is 17.2 Å². The standard InChI is InChI=1S/C38H50O5/c1-5-31(33-13-21-38(22-14-33)43-29(4)41-24-23-30-9-7-6-8-10-30)26-35(25-27(2)32-11-17-36(40)18-12-32)34-15-19-37(20-16-34)42-28(3)39/h11-22,27,29-31,35,40H,5-10,23-26H2,1-4H3. The molecule has 1 N–H and O–H groups in total. The zero-order valence-corrected chi connectivity index (χ0v) is 26.5. The summed E-state index contributed by atoms with van der Waals surface area (Å²) < 4.78 is 17.4. The molecule has 0 amide bonds. The van der Waals surface area contributed by atoms with E-state index in [9.17, 15) is 9.90 Å². The van der Waals surface area contributed by atoms with Crippen molar-refractivity contribution in [2.24, 2.45) is 5.92 Å². The molecule has 0 saturated heterocycles. The number of hydrogen-bond donors (Lipinski definition) is 1. The van der Waals surface area contributed by atoms with Crippen LogP contribution in [-0.4, -0.2) is 24.0 Å². The third-order valence-electron chi connectivity index (χ3n) is 9.03. The zero-order valence-electron chi connectivity index (χ0n) is 26.5. The molecule has 0 spiro atoms. The Bertz CT molecular complexity index is 1230. The molecule has 3 aromatic carbocycles. The molecule has 0 bridgehead atoms. The first-order valence-corrected chi connectivity index (χ1v) is 16.3. The second-order valence-electron chi connectivity index (χ2n) is 12.3.